The number of aliphatic hydroxyl groups is 1. The first kappa shape index (κ1) is 36.2. The van der Waals surface area contributed by atoms with Crippen molar-refractivity contribution in [1.29, 1.82) is 0 Å². The van der Waals surface area contributed by atoms with Gasteiger partial charge in [-0.25, -0.2) is 9.59 Å². The molecule has 0 fully saturated rings. The van der Waals surface area contributed by atoms with Gasteiger partial charge in [-0.05, 0) is 77.3 Å². The molecule has 0 unspecified atom stereocenters. The molecule has 0 aliphatic carbocycles. The summed E-state index contributed by atoms with van der Waals surface area (Å²) in [6.45, 7) is 9.85. The number of fused-ring (bicyclic) bond motifs is 1. The highest BCUT2D eigenvalue weighted by atomic mass is 16.5. The first-order valence-corrected chi connectivity index (χ1v) is 16.4. The van der Waals surface area contributed by atoms with Gasteiger partial charge in [0, 0.05) is 44.0 Å². The van der Waals surface area contributed by atoms with E-state index in [1.165, 1.54) is 0 Å². The van der Waals surface area contributed by atoms with Crippen molar-refractivity contribution in [3.05, 3.63) is 65.5 Å². The Kier molecular flexibility index (Phi) is 12.8. The van der Waals surface area contributed by atoms with E-state index in [2.05, 4.69) is 21.1 Å². The monoisotopic (exact) mass is 664 g/mol. The normalized spacial score (nSPS) is 19.7. The van der Waals surface area contributed by atoms with Crippen LogP contribution < -0.4 is 20.7 Å². The van der Waals surface area contributed by atoms with E-state index in [4.69, 9.17) is 14.0 Å². The van der Waals surface area contributed by atoms with Crippen molar-refractivity contribution in [2.75, 3.05) is 49.3 Å². The zero-order valence-electron chi connectivity index (χ0n) is 28.6. The number of anilines is 3. The summed E-state index contributed by atoms with van der Waals surface area (Å²) < 4.78 is 17.8. The van der Waals surface area contributed by atoms with E-state index >= 15 is 0 Å². The number of carbonyl (C=O) groups is 3. The van der Waals surface area contributed by atoms with Crippen LogP contribution in [0.4, 0.5) is 26.7 Å². The molecule has 2 heterocycles. The smallest absolute Gasteiger partial charge is 0.323 e. The van der Waals surface area contributed by atoms with Crippen molar-refractivity contribution >= 4 is 35.0 Å². The average Bonchev–Trinajstić information content (AvgIpc) is 3.38. The summed E-state index contributed by atoms with van der Waals surface area (Å²) in [4.78, 5) is 43.5. The first-order valence-electron chi connectivity index (χ1n) is 16.4. The molecule has 3 aromatic rings. The number of urea groups is 2. The van der Waals surface area contributed by atoms with Crippen LogP contribution in [0.15, 0.2) is 53.1 Å². The van der Waals surface area contributed by atoms with Gasteiger partial charge in [-0.3, -0.25) is 4.79 Å². The standard InChI is InChI=1S/C35H48N6O7/c1-22-19-41(23(2)21-42)33(43)29-18-28(36-34(44)38-32-25(4)39-48-26(32)5)15-16-30(29)47-24(3)12-10-11-17-46-31(22)20-40(6)35(45)37-27-13-8-7-9-14-27/h7-9,13-16,18,22-24,31,42H,10-12,17,19-21H2,1-6H3,(H,37,45)(H2,36,38,44)/t22-,23+,24+,31-/m1/s1. The molecule has 260 valence electrons. The highest BCUT2D eigenvalue weighted by Crippen LogP contribution is 2.29. The van der Waals surface area contributed by atoms with E-state index in [-0.39, 0.29) is 42.7 Å². The minimum absolute atomic E-state index is 0.201. The minimum Gasteiger partial charge on any atom is -0.490 e. The Bertz CT molecular complexity index is 1510. The van der Waals surface area contributed by atoms with E-state index in [1.54, 1.807) is 55.8 Å². The van der Waals surface area contributed by atoms with Gasteiger partial charge in [-0.2, -0.15) is 0 Å². The quantitative estimate of drug-likeness (QED) is 0.243. The fourth-order valence-corrected chi connectivity index (χ4v) is 5.49. The van der Waals surface area contributed by atoms with Crippen LogP contribution in [0.3, 0.4) is 0 Å². The maximum Gasteiger partial charge on any atom is 0.323 e. The molecule has 1 aliphatic rings. The number of nitrogens with zero attached hydrogens (tertiary/aromatic N) is 3. The topological polar surface area (TPSA) is 158 Å². The Hall–Kier alpha value is -4.62. The van der Waals surface area contributed by atoms with Gasteiger partial charge in [0.15, 0.2) is 5.76 Å². The van der Waals surface area contributed by atoms with Gasteiger partial charge in [0.1, 0.15) is 17.1 Å². The van der Waals surface area contributed by atoms with Crippen molar-refractivity contribution in [3.8, 4) is 5.75 Å². The number of rotatable bonds is 7. The molecular formula is C35H48N6O7. The molecule has 4 N–H and O–H groups in total. The van der Waals surface area contributed by atoms with Crippen molar-refractivity contribution < 1.29 is 33.5 Å². The summed E-state index contributed by atoms with van der Waals surface area (Å²) in [5, 5.41) is 22.5. The number of ether oxygens (including phenoxy) is 2. The second-order valence-corrected chi connectivity index (χ2v) is 12.5. The number of carbonyl (C=O) groups excluding carboxylic acids is 3. The second-order valence-electron chi connectivity index (χ2n) is 12.5. The van der Waals surface area contributed by atoms with Crippen LogP contribution in [-0.2, 0) is 4.74 Å². The average molecular weight is 665 g/mol. The fourth-order valence-electron chi connectivity index (χ4n) is 5.49. The van der Waals surface area contributed by atoms with Crippen molar-refractivity contribution in [2.24, 2.45) is 5.92 Å². The van der Waals surface area contributed by atoms with Gasteiger partial charge in [-0.15, -0.1) is 0 Å². The molecule has 1 aliphatic heterocycles. The Morgan fingerprint density at radius 2 is 1.81 bits per heavy atom. The van der Waals surface area contributed by atoms with Gasteiger partial charge in [0.05, 0.1) is 30.4 Å². The summed E-state index contributed by atoms with van der Waals surface area (Å²) in [6.07, 6.45) is 1.77. The molecule has 0 saturated carbocycles. The number of nitrogens with one attached hydrogen (secondary N) is 3. The van der Waals surface area contributed by atoms with Crippen LogP contribution in [0.5, 0.6) is 5.75 Å². The van der Waals surface area contributed by atoms with E-state index in [1.807, 2.05) is 44.2 Å². The van der Waals surface area contributed by atoms with Crippen LogP contribution in [-0.4, -0.2) is 89.6 Å². The predicted molar refractivity (Wildman–Crippen MR) is 184 cm³/mol. The maximum atomic E-state index is 14.4. The molecular weight excluding hydrogens is 616 g/mol. The molecule has 0 saturated heterocycles. The molecule has 5 amide bonds. The number of aliphatic hydroxyl groups excluding tert-OH is 1. The molecule has 4 atom stereocenters. The van der Waals surface area contributed by atoms with Crippen LogP contribution in [0, 0.1) is 19.8 Å². The number of hydrogen-bond donors (Lipinski definition) is 4. The SMILES string of the molecule is Cc1noc(C)c1NC(=O)Nc1ccc2c(c1)C(=O)N([C@@H](C)CO)C[C@@H](C)[C@@H](CN(C)C(=O)Nc1ccccc1)OCCCC[C@H](C)O2. The molecule has 0 radical (unpaired) electrons. The van der Waals surface area contributed by atoms with Gasteiger partial charge in [-0.1, -0.05) is 30.3 Å². The Morgan fingerprint density at radius 1 is 1.06 bits per heavy atom. The van der Waals surface area contributed by atoms with Crippen molar-refractivity contribution in [1.82, 2.24) is 15.0 Å². The number of aromatic nitrogens is 1. The van der Waals surface area contributed by atoms with Crippen LogP contribution in [0.1, 0.15) is 61.8 Å². The zero-order valence-corrected chi connectivity index (χ0v) is 28.6. The Labute approximate surface area is 281 Å². The highest BCUT2D eigenvalue weighted by molar-refractivity contribution is 6.03. The summed E-state index contributed by atoms with van der Waals surface area (Å²) in [5.41, 5.74) is 2.32. The molecule has 4 rings (SSSR count). The van der Waals surface area contributed by atoms with Crippen LogP contribution in [0.2, 0.25) is 0 Å². The van der Waals surface area contributed by atoms with E-state index < -0.39 is 18.2 Å². The van der Waals surface area contributed by atoms with Crippen LogP contribution >= 0.6 is 0 Å². The van der Waals surface area contributed by atoms with Gasteiger partial charge in [0.25, 0.3) is 5.91 Å². The van der Waals surface area contributed by atoms with E-state index in [0.717, 1.165) is 19.3 Å². The maximum absolute atomic E-state index is 14.4. The zero-order chi connectivity index (χ0) is 34.8. The number of aryl methyl sites for hydroxylation is 2. The lowest BCUT2D eigenvalue weighted by Gasteiger charge is -2.35. The molecule has 0 bridgehead atoms. The lowest BCUT2D eigenvalue weighted by molar-refractivity contribution is -0.0115. The lowest BCUT2D eigenvalue weighted by Crippen LogP contribution is -2.48. The molecule has 2 aromatic carbocycles. The summed E-state index contributed by atoms with van der Waals surface area (Å²) in [7, 11) is 1.71. The second kappa shape index (κ2) is 17.0. The summed E-state index contributed by atoms with van der Waals surface area (Å²) in [5.74, 6) is 0.265. The summed E-state index contributed by atoms with van der Waals surface area (Å²) in [6, 6.07) is 12.8. The number of amides is 5. The van der Waals surface area contributed by atoms with Crippen LogP contribution in [0.25, 0.3) is 0 Å². The van der Waals surface area contributed by atoms with Crippen molar-refractivity contribution in [2.45, 2.75) is 72.1 Å². The number of likely N-dealkylation sites (N-methyl/N-ethyl adjacent to an activating group) is 1. The number of benzene rings is 2. The summed E-state index contributed by atoms with van der Waals surface area (Å²) >= 11 is 0. The number of hydrogen-bond acceptors (Lipinski definition) is 8. The third kappa shape index (κ3) is 9.71. The minimum atomic E-state index is -0.544. The first-order chi connectivity index (χ1) is 23.0. The molecule has 13 heteroatoms. The largest absolute Gasteiger partial charge is 0.490 e. The Morgan fingerprint density at radius 3 is 2.50 bits per heavy atom. The van der Waals surface area contributed by atoms with Gasteiger partial charge in [0.2, 0.25) is 0 Å². The number of para-hydroxylation sites is 1. The highest BCUT2D eigenvalue weighted by Gasteiger charge is 2.31. The van der Waals surface area contributed by atoms with Gasteiger partial charge < -0.3 is 44.9 Å². The lowest BCUT2D eigenvalue weighted by atomic mass is 10.0. The molecule has 1 aromatic heterocycles. The third-order valence-electron chi connectivity index (χ3n) is 8.41. The molecule has 13 nitrogen and oxygen atoms in total. The van der Waals surface area contributed by atoms with E-state index in [9.17, 15) is 19.5 Å². The van der Waals surface area contributed by atoms with E-state index in [0.29, 0.717) is 47.4 Å². The fraction of sp³-hybridized carbons (Fsp3) is 0.486. The van der Waals surface area contributed by atoms with Crippen molar-refractivity contribution in [3.63, 3.8) is 0 Å². The molecule has 0 spiro atoms. The Balaban J connectivity index is 1.59. The third-order valence-corrected chi connectivity index (χ3v) is 8.41. The van der Waals surface area contributed by atoms with Gasteiger partial charge >= 0.3 is 12.1 Å². The predicted octanol–water partition coefficient (Wildman–Crippen LogP) is 5.89. The molecule has 48 heavy (non-hydrogen) atoms.